The Labute approximate surface area is 121 Å². The molecule has 2 rings (SSSR count). The number of aryl methyl sites for hydroxylation is 1. The van der Waals surface area contributed by atoms with E-state index < -0.39 is 0 Å². The van der Waals surface area contributed by atoms with Crippen molar-refractivity contribution in [1.29, 1.82) is 0 Å². The van der Waals surface area contributed by atoms with E-state index in [-0.39, 0.29) is 18.0 Å². The molecule has 2 nitrogen and oxygen atoms in total. The van der Waals surface area contributed by atoms with Crippen LogP contribution >= 0.6 is 0 Å². The highest BCUT2D eigenvalue weighted by molar-refractivity contribution is 5.27. The highest BCUT2D eigenvalue weighted by Gasteiger charge is 2.30. The zero-order chi connectivity index (χ0) is 14.5. The molecule has 1 aliphatic rings. The Bertz CT molecular complexity index is 429. The molecule has 0 saturated heterocycles. The molecule has 0 radical (unpaired) electrons. The fourth-order valence-electron chi connectivity index (χ4n) is 3.25. The van der Waals surface area contributed by atoms with Gasteiger partial charge in [0.05, 0.1) is 12.1 Å². The van der Waals surface area contributed by atoms with E-state index in [1.807, 2.05) is 13.0 Å². The lowest BCUT2D eigenvalue weighted by Crippen LogP contribution is -2.36. The molecule has 0 amide bonds. The molecule has 20 heavy (non-hydrogen) atoms. The van der Waals surface area contributed by atoms with E-state index in [1.54, 1.807) is 13.0 Å². The van der Waals surface area contributed by atoms with Crippen LogP contribution in [0.15, 0.2) is 18.2 Å². The second-order valence-corrected chi connectivity index (χ2v) is 5.85. The number of nitrogens with two attached hydrogens (primary N) is 1. The van der Waals surface area contributed by atoms with Gasteiger partial charge in [-0.15, -0.1) is 0 Å². The van der Waals surface area contributed by atoms with Crippen molar-refractivity contribution in [2.75, 3.05) is 6.61 Å². The maximum atomic E-state index is 13.4. The number of ether oxygens (including phenoxy) is 1. The van der Waals surface area contributed by atoms with Gasteiger partial charge in [0.1, 0.15) is 5.82 Å². The summed E-state index contributed by atoms with van der Waals surface area (Å²) >= 11 is 0. The average Bonchev–Trinajstić information content (AvgIpc) is 2.48. The van der Waals surface area contributed by atoms with Crippen molar-refractivity contribution in [2.24, 2.45) is 11.7 Å². The Balaban J connectivity index is 2.16. The first kappa shape index (κ1) is 15.5. The zero-order valence-corrected chi connectivity index (χ0v) is 12.6. The molecule has 1 aromatic rings. The van der Waals surface area contributed by atoms with Gasteiger partial charge >= 0.3 is 0 Å². The van der Waals surface area contributed by atoms with Gasteiger partial charge < -0.3 is 10.5 Å². The molecule has 2 atom stereocenters. The molecule has 0 heterocycles. The van der Waals surface area contributed by atoms with Gasteiger partial charge in [0.15, 0.2) is 0 Å². The van der Waals surface area contributed by atoms with Crippen LogP contribution in [0.4, 0.5) is 4.39 Å². The molecule has 1 saturated carbocycles. The van der Waals surface area contributed by atoms with Crippen molar-refractivity contribution in [2.45, 2.75) is 58.1 Å². The Morgan fingerprint density at radius 3 is 2.60 bits per heavy atom. The normalized spacial score (nSPS) is 19.8. The van der Waals surface area contributed by atoms with Crippen molar-refractivity contribution < 1.29 is 9.13 Å². The van der Waals surface area contributed by atoms with Crippen LogP contribution in [0.5, 0.6) is 0 Å². The fraction of sp³-hybridized carbons (Fsp3) is 0.647. The predicted octanol–water partition coefficient (Wildman–Crippen LogP) is 4.12. The summed E-state index contributed by atoms with van der Waals surface area (Å²) in [4.78, 5) is 0. The van der Waals surface area contributed by atoms with Crippen molar-refractivity contribution in [3.8, 4) is 0 Å². The van der Waals surface area contributed by atoms with Crippen LogP contribution in [0.2, 0.25) is 0 Å². The van der Waals surface area contributed by atoms with Gasteiger partial charge in [0.2, 0.25) is 0 Å². The summed E-state index contributed by atoms with van der Waals surface area (Å²) in [5, 5.41) is 0. The minimum absolute atomic E-state index is 0.0464. The molecule has 2 unspecified atom stereocenters. The highest BCUT2D eigenvalue weighted by Crippen LogP contribution is 2.33. The average molecular weight is 279 g/mol. The Hall–Kier alpha value is -0.930. The van der Waals surface area contributed by atoms with E-state index >= 15 is 0 Å². The Morgan fingerprint density at radius 1 is 1.30 bits per heavy atom. The molecule has 3 heteroatoms. The van der Waals surface area contributed by atoms with Crippen LogP contribution in [-0.2, 0) is 4.74 Å². The number of halogens is 1. The first-order valence-corrected chi connectivity index (χ1v) is 7.76. The Morgan fingerprint density at radius 2 is 2.00 bits per heavy atom. The van der Waals surface area contributed by atoms with Crippen LogP contribution in [0.1, 0.15) is 56.2 Å². The second-order valence-electron chi connectivity index (χ2n) is 5.85. The van der Waals surface area contributed by atoms with E-state index in [9.17, 15) is 4.39 Å². The van der Waals surface area contributed by atoms with Gasteiger partial charge in [0.25, 0.3) is 0 Å². The van der Waals surface area contributed by atoms with Crippen LogP contribution in [-0.4, -0.2) is 12.7 Å². The minimum Gasteiger partial charge on any atom is -0.376 e. The van der Waals surface area contributed by atoms with E-state index in [0.29, 0.717) is 18.1 Å². The molecule has 0 bridgehead atoms. The molecular weight excluding hydrogens is 253 g/mol. The van der Waals surface area contributed by atoms with Crippen molar-refractivity contribution >= 4 is 0 Å². The van der Waals surface area contributed by atoms with E-state index in [1.165, 1.54) is 38.2 Å². The molecule has 1 aromatic carbocycles. The van der Waals surface area contributed by atoms with Crippen LogP contribution in [0.3, 0.4) is 0 Å². The fourth-order valence-corrected chi connectivity index (χ4v) is 3.25. The van der Waals surface area contributed by atoms with Crippen LogP contribution < -0.4 is 5.73 Å². The van der Waals surface area contributed by atoms with Gasteiger partial charge in [0, 0.05) is 6.61 Å². The lowest BCUT2D eigenvalue weighted by Gasteiger charge is -2.34. The van der Waals surface area contributed by atoms with Crippen molar-refractivity contribution in [1.82, 2.24) is 0 Å². The summed E-state index contributed by atoms with van der Waals surface area (Å²) in [7, 11) is 0. The van der Waals surface area contributed by atoms with Gasteiger partial charge in [-0.05, 0) is 49.8 Å². The van der Waals surface area contributed by atoms with Gasteiger partial charge in [-0.3, -0.25) is 0 Å². The quantitative estimate of drug-likeness (QED) is 0.880. The third kappa shape index (κ3) is 3.58. The van der Waals surface area contributed by atoms with E-state index in [2.05, 4.69) is 0 Å². The molecule has 0 spiro atoms. The lowest BCUT2D eigenvalue weighted by molar-refractivity contribution is -0.00987. The first-order chi connectivity index (χ1) is 9.63. The maximum absolute atomic E-state index is 13.4. The largest absolute Gasteiger partial charge is 0.376 e. The third-order valence-electron chi connectivity index (χ3n) is 4.39. The maximum Gasteiger partial charge on any atom is 0.126 e. The first-order valence-electron chi connectivity index (χ1n) is 7.76. The lowest BCUT2D eigenvalue weighted by atomic mass is 9.81. The van der Waals surface area contributed by atoms with E-state index in [0.717, 1.165) is 5.56 Å². The number of hydrogen-bond donors (Lipinski definition) is 1. The molecule has 112 valence electrons. The third-order valence-corrected chi connectivity index (χ3v) is 4.39. The molecule has 1 aliphatic carbocycles. The summed E-state index contributed by atoms with van der Waals surface area (Å²) in [5.41, 5.74) is 8.06. The standard InChI is InChI=1S/C17H26FNO/c1-3-20-17(13-7-5-4-6-8-13)16(19)14-9-10-15(18)12(2)11-14/h9-11,13,16-17H,3-8,19H2,1-2H3. The Kier molecular flexibility index (Phi) is 5.55. The van der Waals surface area contributed by atoms with Crippen LogP contribution in [0.25, 0.3) is 0 Å². The summed E-state index contributed by atoms with van der Waals surface area (Å²) in [6.45, 7) is 4.47. The topological polar surface area (TPSA) is 35.2 Å². The zero-order valence-electron chi connectivity index (χ0n) is 12.6. The SMILES string of the molecule is CCOC(C1CCCCC1)C(N)c1ccc(F)c(C)c1. The number of hydrogen-bond acceptors (Lipinski definition) is 2. The summed E-state index contributed by atoms with van der Waals surface area (Å²) in [6.07, 6.45) is 6.29. The van der Waals surface area contributed by atoms with Gasteiger partial charge in [-0.1, -0.05) is 31.4 Å². The molecule has 0 aliphatic heterocycles. The monoisotopic (exact) mass is 279 g/mol. The summed E-state index contributed by atoms with van der Waals surface area (Å²) in [5.74, 6) is 0.357. The van der Waals surface area contributed by atoms with Crippen molar-refractivity contribution in [3.63, 3.8) is 0 Å². The number of benzene rings is 1. The number of rotatable bonds is 5. The van der Waals surface area contributed by atoms with E-state index in [4.69, 9.17) is 10.5 Å². The predicted molar refractivity (Wildman–Crippen MR) is 80.1 cm³/mol. The molecule has 1 fully saturated rings. The van der Waals surface area contributed by atoms with Gasteiger partial charge in [-0.2, -0.15) is 0 Å². The smallest absolute Gasteiger partial charge is 0.126 e. The molecule has 2 N–H and O–H groups in total. The molecular formula is C17H26FNO. The minimum atomic E-state index is -0.174. The summed E-state index contributed by atoms with van der Waals surface area (Å²) in [6, 6.07) is 4.99. The molecule has 0 aromatic heterocycles. The summed E-state index contributed by atoms with van der Waals surface area (Å²) < 4.78 is 19.3. The second kappa shape index (κ2) is 7.19. The highest BCUT2D eigenvalue weighted by atomic mass is 19.1. The van der Waals surface area contributed by atoms with Gasteiger partial charge in [-0.25, -0.2) is 4.39 Å². The van der Waals surface area contributed by atoms with Crippen LogP contribution in [0, 0.1) is 18.7 Å². The van der Waals surface area contributed by atoms with Crippen molar-refractivity contribution in [3.05, 3.63) is 35.1 Å².